The van der Waals surface area contributed by atoms with Gasteiger partial charge in [0.05, 0.1) is 12.2 Å². The molecule has 102 valence electrons. The molecule has 0 spiro atoms. The first kappa shape index (κ1) is 15.1. The number of aliphatic hydroxyl groups is 1. The summed E-state index contributed by atoms with van der Waals surface area (Å²) < 4.78 is 28.6. The summed E-state index contributed by atoms with van der Waals surface area (Å²) in [6.07, 6.45) is 0.203. The second-order valence-corrected chi connectivity index (χ2v) is 6.12. The summed E-state index contributed by atoms with van der Waals surface area (Å²) in [5.74, 6) is -0.118. The van der Waals surface area contributed by atoms with Crippen LogP contribution >= 0.6 is 0 Å². The molecule has 1 rings (SSSR count). The second kappa shape index (κ2) is 6.87. The highest BCUT2D eigenvalue weighted by Crippen LogP contribution is 2.12. The quantitative estimate of drug-likeness (QED) is 0.772. The van der Waals surface area contributed by atoms with Crippen molar-refractivity contribution >= 4 is 10.1 Å². The van der Waals surface area contributed by atoms with E-state index in [1.807, 2.05) is 6.07 Å². The molecule has 2 unspecified atom stereocenters. The van der Waals surface area contributed by atoms with Gasteiger partial charge in [-0.1, -0.05) is 30.3 Å². The van der Waals surface area contributed by atoms with Gasteiger partial charge in [-0.2, -0.15) is 8.42 Å². The maximum absolute atomic E-state index is 11.8. The summed E-state index contributed by atoms with van der Waals surface area (Å²) in [6, 6.07) is 8.93. The van der Waals surface area contributed by atoms with Gasteiger partial charge < -0.3 is 5.11 Å². The average molecular weight is 272 g/mol. The van der Waals surface area contributed by atoms with Gasteiger partial charge in [-0.15, -0.1) is 0 Å². The SMILES string of the molecule is CC(O)CCC(C)OS(=O)(=O)Cc1ccccc1. The van der Waals surface area contributed by atoms with E-state index < -0.39 is 22.3 Å². The molecule has 0 amide bonds. The molecule has 0 fully saturated rings. The van der Waals surface area contributed by atoms with E-state index >= 15 is 0 Å². The topological polar surface area (TPSA) is 63.6 Å². The van der Waals surface area contributed by atoms with Crippen molar-refractivity contribution < 1.29 is 17.7 Å². The third-order valence-electron chi connectivity index (χ3n) is 2.49. The first-order valence-corrected chi connectivity index (χ1v) is 7.60. The van der Waals surface area contributed by atoms with Crippen LogP contribution < -0.4 is 0 Å². The van der Waals surface area contributed by atoms with Gasteiger partial charge in [0.25, 0.3) is 10.1 Å². The Bertz CT molecular complexity index is 439. The van der Waals surface area contributed by atoms with Crippen LogP contribution in [-0.4, -0.2) is 25.7 Å². The fraction of sp³-hybridized carbons (Fsp3) is 0.538. The fourth-order valence-electron chi connectivity index (χ4n) is 1.59. The van der Waals surface area contributed by atoms with Crippen LogP contribution in [0, 0.1) is 0 Å². The van der Waals surface area contributed by atoms with Crippen LogP contribution in [-0.2, 0) is 20.1 Å². The highest BCUT2D eigenvalue weighted by atomic mass is 32.2. The van der Waals surface area contributed by atoms with Gasteiger partial charge in [0.2, 0.25) is 0 Å². The average Bonchev–Trinajstić information content (AvgIpc) is 2.26. The lowest BCUT2D eigenvalue weighted by Crippen LogP contribution is -2.18. The van der Waals surface area contributed by atoms with E-state index in [1.54, 1.807) is 38.1 Å². The predicted octanol–water partition coefficient (Wildman–Crippen LogP) is 2.08. The molecule has 5 heteroatoms. The van der Waals surface area contributed by atoms with Gasteiger partial charge in [-0.25, -0.2) is 0 Å². The van der Waals surface area contributed by atoms with Crippen molar-refractivity contribution in [2.24, 2.45) is 0 Å². The Balaban J connectivity index is 2.49. The zero-order chi connectivity index (χ0) is 13.6. The smallest absolute Gasteiger partial charge is 0.271 e. The zero-order valence-electron chi connectivity index (χ0n) is 10.7. The summed E-state index contributed by atoms with van der Waals surface area (Å²) >= 11 is 0. The molecule has 0 radical (unpaired) electrons. The Morgan fingerprint density at radius 2 is 1.78 bits per heavy atom. The molecule has 0 aromatic heterocycles. The van der Waals surface area contributed by atoms with Crippen molar-refractivity contribution in [3.05, 3.63) is 35.9 Å². The molecule has 1 aromatic rings. The lowest BCUT2D eigenvalue weighted by atomic mass is 10.1. The van der Waals surface area contributed by atoms with Crippen LogP contribution in [0.5, 0.6) is 0 Å². The zero-order valence-corrected chi connectivity index (χ0v) is 11.6. The third-order valence-corrected chi connectivity index (χ3v) is 3.80. The van der Waals surface area contributed by atoms with E-state index in [2.05, 4.69) is 0 Å². The molecule has 1 aromatic carbocycles. The number of benzene rings is 1. The van der Waals surface area contributed by atoms with Gasteiger partial charge in [0, 0.05) is 0 Å². The molecule has 0 aliphatic carbocycles. The Labute approximate surface area is 109 Å². The fourth-order valence-corrected chi connectivity index (χ4v) is 2.85. The van der Waals surface area contributed by atoms with Gasteiger partial charge in [0.15, 0.2) is 0 Å². The summed E-state index contributed by atoms with van der Waals surface area (Å²) in [5.41, 5.74) is 0.709. The highest BCUT2D eigenvalue weighted by Gasteiger charge is 2.17. The standard InChI is InChI=1S/C13H20O4S/c1-11(14)8-9-12(2)17-18(15,16)10-13-6-4-3-5-7-13/h3-7,11-12,14H,8-10H2,1-2H3. The highest BCUT2D eigenvalue weighted by molar-refractivity contribution is 7.85. The number of hydrogen-bond acceptors (Lipinski definition) is 4. The van der Waals surface area contributed by atoms with Crippen LogP contribution in [0.1, 0.15) is 32.3 Å². The minimum absolute atomic E-state index is 0.118. The van der Waals surface area contributed by atoms with E-state index in [0.29, 0.717) is 18.4 Å². The Morgan fingerprint density at radius 1 is 1.17 bits per heavy atom. The minimum Gasteiger partial charge on any atom is -0.393 e. The van der Waals surface area contributed by atoms with E-state index in [1.165, 1.54) is 0 Å². The van der Waals surface area contributed by atoms with E-state index in [4.69, 9.17) is 9.29 Å². The molecular formula is C13H20O4S. The molecule has 0 heterocycles. The van der Waals surface area contributed by atoms with Gasteiger partial charge in [-0.3, -0.25) is 4.18 Å². The largest absolute Gasteiger partial charge is 0.393 e. The van der Waals surface area contributed by atoms with Crippen molar-refractivity contribution in [1.82, 2.24) is 0 Å². The summed E-state index contributed by atoms with van der Waals surface area (Å²) in [4.78, 5) is 0. The number of hydrogen-bond donors (Lipinski definition) is 1. The molecule has 0 aliphatic rings. The number of rotatable bonds is 7. The summed E-state index contributed by atoms with van der Waals surface area (Å²) in [5, 5.41) is 9.13. The van der Waals surface area contributed by atoms with Crippen LogP contribution in [0.3, 0.4) is 0 Å². The van der Waals surface area contributed by atoms with Gasteiger partial charge in [0.1, 0.15) is 5.75 Å². The Hall–Kier alpha value is -0.910. The van der Waals surface area contributed by atoms with E-state index in [0.717, 1.165) is 0 Å². The predicted molar refractivity (Wildman–Crippen MR) is 70.5 cm³/mol. The lowest BCUT2D eigenvalue weighted by molar-refractivity contribution is 0.148. The van der Waals surface area contributed by atoms with Crippen molar-refractivity contribution in [2.75, 3.05) is 0 Å². The molecule has 0 bridgehead atoms. The second-order valence-electron chi connectivity index (χ2n) is 4.52. The maximum atomic E-state index is 11.8. The van der Waals surface area contributed by atoms with Crippen molar-refractivity contribution in [2.45, 2.75) is 44.6 Å². The van der Waals surface area contributed by atoms with Gasteiger partial charge >= 0.3 is 0 Å². The van der Waals surface area contributed by atoms with Crippen LogP contribution in [0.25, 0.3) is 0 Å². The molecule has 0 saturated carbocycles. The van der Waals surface area contributed by atoms with Crippen molar-refractivity contribution in [1.29, 1.82) is 0 Å². The number of aliphatic hydroxyl groups excluding tert-OH is 1. The molecule has 18 heavy (non-hydrogen) atoms. The third kappa shape index (κ3) is 6.14. The molecule has 1 N–H and O–H groups in total. The monoisotopic (exact) mass is 272 g/mol. The van der Waals surface area contributed by atoms with Crippen LogP contribution in [0.2, 0.25) is 0 Å². The normalized spacial score (nSPS) is 15.3. The van der Waals surface area contributed by atoms with Crippen LogP contribution in [0.4, 0.5) is 0 Å². The Kier molecular flexibility index (Phi) is 5.78. The van der Waals surface area contributed by atoms with Crippen LogP contribution in [0.15, 0.2) is 30.3 Å². The molecule has 4 nitrogen and oxygen atoms in total. The lowest BCUT2D eigenvalue weighted by Gasteiger charge is -2.13. The summed E-state index contributed by atoms with van der Waals surface area (Å²) in [6.45, 7) is 3.37. The molecule has 0 aliphatic heterocycles. The first-order valence-electron chi connectivity index (χ1n) is 6.02. The van der Waals surface area contributed by atoms with Crippen molar-refractivity contribution in [3.63, 3.8) is 0 Å². The Morgan fingerprint density at radius 3 is 2.33 bits per heavy atom. The van der Waals surface area contributed by atoms with Gasteiger partial charge in [-0.05, 0) is 32.3 Å². The van der Waals surface area contributed by atoms with E-state index in [-0.39, 0.29) is 5.75 Å². The molecular weight excluding hydrogens is 252 g/mol. The first-order chi connectivity index (χ1) is 8.39. The summed E-state index contributed by atoms with van der Waals surface area (Å²) in [7, 11) is -3.56. The van der Waals surface area contributed by atoms with E-state index in [9.17, 15) is 8.42 Å². The minimum atomic E-state index is -3.56. The van der Waals surface area contributed by atoms with Crippen molar-refractivity contribution in [3.8, 4) is 0 Å². The maximum Gasteiger partial charge on any atom is 0.271 e. The molecule has 0 saturated heterocycles. The molecule has 2 atom stereocenters.